The van der Waals surface area contributed by atoms with Crippen LogP contribution in [0.3, 0.4) is 0 Å². The van der Waals surface area contributed by atoms with E-state index >= 15 is 0 Å². The second kappa shape index (κ2) is 3.06. The molecular formula is C8H15NO. The molecule has 1 aliphatic rings. The third kappa shape index (κ3) is 1.74. The van der Waals surface area contributed by atoms with Crippen molar-refractivity contribution in [2.24, 2.45) is 11.7 Å². The zero-order valence-corrected chi connectivity index (χ0v) is 6.47. The monoisotopic (exact) mass is 141 g/mol. The maximum Gasteiger partial charge on any atom is 0.0963 e. The molecular weight excluding hydrogens is 126 g/mol. The third-order valence-electron chi connectivity index (χ3n) is 1.96. The van der Waals surface area contributed by atoms with E-state index in [0.717, 1.165) is 25.4 Å². The van der Waals surface area contributed by atoms with Crippen molar-refractivity contribution in [3.05, 3.63) is 12.3 Å². The van der Waals surface area contributed by atoms with E-state index in [-0.39, 0.29) is 6.10 Å². The number of ether oxygens (including phenoxy) is 1. The van der Waals surface area contributed by atoms with Crippen molar-refractivity contribution in [1.29, 1.82) is 0 Å². The lowest BCUT2D eigenvalue weighted by molar-refractivity contribution is 0.0166. The molecule has 0 aromatic carbocycles. The molecule has 1 heterocycles. The molecule has 0 saturated carbocycles. The van der Waals surface area contributed by atoms with E-state index in [2.05, 4.69) is 13.5 Å². The minimum Gasteiger partial charge on any atom is -0.400 e. The number of rotatable bonds is 1. The summed E-state index contributed by atoms with van der Waals surface area (Å²) in [4.78, 5) is 0. The standard InChI is InChI=1S/C8H15NO/c1-6-3-4-10-8(5-6)7(2)9/h6,8H,2-5,9H2,1H3/t6-,8+/m1/s1. The number of hydrogen-bond donors (Lipinski definition) is 1. The van der Waals surface area contributed by atoms with Crippen LogP contribution in [0, 0.1) is 5.92 Å². The first kappa shape index (κ1) is 7.61. The fourth-order valence-corrected chi connectivity index (χ4v) is 1.22. The summed E-state index contributed by atoms with van der Waals surface area (Å²) < 4.78 is 5.39. The highest BCUT2D eigenvalue weighted by Gasteiger charge is 2.19. The Hall–Kier alpha value is -0.500. The van der Waals surface area contributed by atoms with Gasteiger partial charge in [0, 0.05) is 12.3 Å². The molecule has 1 fully saturated rings. The van der Waals surface area contributed by atoms with Crippen LogP contribution in [0.15, 0.2) is 12.3 Å². The molecule has 2 N–H and O–H groups in total. The van der Waals surface area contributed by atoms with E-state index in [9.17, 15) is 0 Å². The van der Waals surface area contributed by atoms with E-state index < -0.39 is 0 Å². The van der Waals surface area contributed by atoms with Crippen molar-refractivity contribution in [3.8, 4) is 0 Å². The minimum atomic E-state index is 0.115. The molecule has 0 unspecified atom stereocenters. The Kier molecular flexibility index (Phi) is 2.33. The fraction of sp³-hybridized carbons (Fsp3) is 0.750. The van der Waals surface area contributed by atoms with Gasteiger partial charge in [0.15, 0.2) is 0 Å². The maximum absolute atomic E-state index is 5.51. The van der Waals surface area contributed by atoms with Gasteiger partial charge in [-0.25, -0.2) is 0 Å². The molecule has 1 saturated heterocycles. The summed E-state index contributed by atoms with van der Waals surface area (Å²) in [5.74, 6) is 0.735. The number of nitrogens with two attached hydrogens (primary N) is 1. The first-order chi connectivity index (χ1) is 4.70. The molecule has 1 aliphatic heterocycles. The van der Waals surface area contributed by atoms with Gasteiger partial charge in [0.25, 0.3) is 0 Å². The third-order valence-corrected chi connectivity index (χ3v) is 1.96. The van der Waals surface area contributed by atoms with Gasteiger partial charge in [-0.3, -0.25) is 0 Å². The molecule has 2 nitrogen and oxygen atoms in total. The van der Waals surface area contributed by atoms with Crippen molar-refractivity contribution in [2.45, 2.75) is 25.9 Å². The maximum atomic E-state index is 5.51. The predicted octanol–water partition coefficient (Wildman–Crippen LogP) is 1.27. The first-order valence-corrected chi connectivity index (χ1v) is 3.76. The molecule has 0 radical (unpaired) electrons. The summed E-state index contributed by atoms with van der Waals surface area (Å²) in [6.45, 7) is 6.72. The van der Waals surface area contributed by atoms with Crippen LogP contribution in [0.5, 0.6) is 0 Å². The Morgan fingerprint density at radius 1 is 1.70 bits per heavy atom. The zero-order valence-electron chi connectivity index (χ0n) is 6.47. The van der Waals surface area contributed by atoms with Gasteiger partial charge in [-0.15, -0.1) is 0 Å². The van der Waals surface area contributed by atoms with Gasteiger partial charge in [-0.05, 0) is 18.8 Å². The molecule has 58 valence electrons. The Bertz CT molecular complexity index is 133. The fourth-order valence-electron chi connectivity index (χ4n) is 1.22. The Morgan fingerprint density at radius 2 is 2.40 bits per heavy atom. The topological polar surface area (TPSA) is 35.2 Å². The quantitative estimate of drug-likeness (QED) is 0.597. The van der Waals surface area contributed by atoms with Crippen molar-refractivity contribution in [3.63, 3.8) is 0 Å². The molecule has 0 aliphatic carbocycles. The molecule has 0 amide bonds. The second-order valence-corrected chi connectivity index (χ2v) is 3.06. The average Bonchev–Trinajstić information content (AvgIpc) is 1.88. The van der Waals surface area contributed by atoms with Crippen molar-refractivity contribution < 1.29 is 4.74 Å². The van der Waals surface area contributed by atoms with Crippen molar-refractivity contribution in [2.75, 3.05) is 6.61 Å². The first-order valence-electron chi connectivity index (χ1n) is 3.76. The summed E-state index contributed by atoms with van der Waals surface area (Å²) in [6.07, 6.45) is 2.31. The van der Waals surface area contributed by atoms with Gasteiger partial charge >= 0.3 is 0 Å². The van der Waals surface area contributed by atoms with Gasteiger partial charge in [0.1, 0.15) is 0 Å². The lowest BCUT2D eigenvalue weighted by atomic mass is 9.97. The van der Waals surface area contributed by atoms with E-state index in [1.54, 1.807) is 0 Å². The Labute approximate surface area is 62.1 Å². The smallest absolute Gasteiger partial charge is 0.0963 e. The average molecular weight is 141 g/mol. The minimum absolute atomic E-state index is 0.115. The number of hydrogen-bond acceptors (Lipinski definition) is 2. The van der Waals surface area contributed by atoms with E-state index in [1.807, 2.05) is 0 Å². The molecule has 10 heavy (non-hydrogen) atoms. The van der Waals surface area contributed by atoms with Crippen LogP contribution in [-0.4, -0.2) is 12.7 Å². The predicted molar refractivity (Wildman–Crippen MR) is 41.5 cm³/mol. The molecule has 0 spiro atoms. The van der Waals surface area contributed by atoms with Gasteiger partial charge in [0.05, 0.1) is 6.10 Å². The van der Waals surface area contributed by atoms with Gasteiger partial charge < -0.3 is 10.5 Å². The molecule has 2 atom stereocenters. The van der Waals surface area contributed by atoms with E-state index in [1.165, 1.54) is 0 Å². The van der Waals surface area contributed by atoms with Gasteiger partial charge in [-0.2, -0.15) is 0 Å². The highest BCUT2D eigenvalue weighted by molar-refractivity contribution is 4.97. The molecule has 1 rings (SSSR count). The van der Waals surface area contributed by atoms with Gasteiger partial charge in [0.2, 0.25) is 0 Å². The lowest BCUT2D eigenvalue weighted by Gasteiger charge is -2.26. The molecule has 0 aromatic rings. The second-order valence-electron chi connectivity index (χ2n) is 3.06. The summed E-state index contributed by atoms with van der Waals surface area (Å²) >= 11 is 0. The van der Waals surface area contributed by atoms with Crippen molar-refractivity contribution >= 4 is 0 Å². The van der Waals surface area contributed by atoms with Crippen LogP contribution in [0.4, 0.5) is 0 Å². The zero-order chi connectivity index (χ0) is 7.56. The Morgan fingerprint density at radius 3 is 2.80 bits per heavy atom. The molecule has 0 bridgehead atoms. The summed E-state index contributed by atoms with van der Waals surface area (Å²) in [7, 11) is 0. The largest absolute Gasteiger partial charge is 0.400 e. The van der Waals surface area contributed by atoms with E-state index in [4.69, 9.17) is 10.5 Å². The summed E-state index contributed by atoms with van der Waals surface area (Å²) in [6, 6.07) is 0. The van der Waals surface area contributed by atoms with Crippen LogP contribution in [0.25, 0.3) is 0 Å². The van der Waals surface area contributed by atoms with Gasteiger partial charge in [-0.1, -0.05) is 13.5 Å². The van der Waals surface area contributed by atoms with Crippen LogP contribution in [0.1, 0.15) is 19.8 Å². The van der Waals surface area contributed by atoms with E-state index in [0.29, 0.717) is 5.70 Å². The molecule has 0 aromatic heterocycles. The highest BCUT2D eigenvalue weighted by Crippen LogP contribution is 2.21. The lowest BCUT2D eigenvalue weighted by Crippen LogP contribution is -2.28. The van der Waals surface area contributed by atoms with Crippen LogP contribution in [-0.2, 0) is 4.74 Å². The molecule has 2 heteroatoms. The van der Waals surface area contributed by atoms with Crippen molar-refractivity contribution in [1.82, 2.24) is 0 Å². The SMILES string of the molecule is C=C(N)[C@@H]1C[C@H](C)CCO1. The normalized spacial score (nSPS) is 33.7. The highest BCUT2D eigenvalue weighted by atomic mass is 16.5. The summed E-state index contributed by atoms with van der Waals surface area (Å²) in [5, 5.41) is 0. The Balaban J connectivity index is 2.39. The van der Waals surface area contributed by atoms with Crippen LogP contribution < -0.4 is 5.73 Å². The summed E-state index contributed by atoms with van der Waals surface area (Å²) in [5.41, 5.74) is 6.18. The van der Waals surface area contributed by atoms with Crippen LogP contribution in [0.2, 0.25) is 0 Å². The van der Waals surface area contributed by atoms with Crippen LogP contribution >= 0.6 is 0 Å².